The number of hydrogen-bond acceptors (Lipinski definition) is 2. The molecule has 3 aromatic rings. The third-order valence-electron chi connectivity index (χ3n) is 2.86. The van der Waals surface area contributed by atoms with E-state index in [1.807, 2.05) is 6.07 Å². The van der Waals surface area contributed by atoms with Gasteiger partial charge >= 0.3 is 5.69 Å². The molecule has 0 aliphatic rings. The van der Waals surface area contributed by atoms with Crippen molar-refractivity contribution in [2.45, 2.75) is 5.38 Å². The Kier molecular flexibility index (Phi) is 3.90. The minimum absolute atomic E-state index is 0.258. The van der Waals surface area contributed by atoms with Gasteiger partial charge in [-0.15, -0.1) is 22.9 Å². The fraction of sp³-hybridized carbons (Fsp3) is 0.0833. The van der Waals surface area contributed by atoms with Crippen LogP contribution < -0.4 is 5.69 Å². The maximum atomic E-state index is 11.3. The Morgan fingerprint density at radius 2 is 1.75 bits per heavy atom. The summed E-state index contributed by atoms with van der Waals surface area (Å²) < 4.78 is 1.94. The first-order valence-electron chi connectivity index (χ1n) is 5.46. The molecular weight excluding hydrogens is 406 g/mol. The molecule has 0 saturated carbocycles. The van der Waals surface area contributed by atoms with Crippen molar-refractivity contribution < 1.29 is 0 Å². The van der Waals surface area contributed by atoms with Gasteiger partial charge in [0.1, 0.15) is 0 Å². The molecule has 0 spiro atoms. The number of hydrogen-bond donors (Lipinski definition) is 2. The van der Waals surface area contributed by atoms with E-state index in [0.717, 1.165) is 15.6 Å². The lowest BCUT2D eigenvalue weighted by atomic mass is 10.1. The predicted molar refractivity (Wildman–Crippen MR) is 88.7 cm³/mol. The van der Waals surface area contributed by atoms with Crippen LogP contribution in [-0.2, 0) is 0 Å². The van der Waals surface area contributed by atoms with Crippen LogP contribution in [0.3, 0.4) is 0 Å². The van der Waals surface area contributed by atoms with Crippen LogP contribution in [0.2, 0.25) is 8.67 Å². The first-order chi connectivity index (χ1) is 9.45. The van der Waals surface area contributed by atoms with Gasteiger partial charge in [-0.1, -0.05) is 39.1 Å². The topological polar surface area (TPSA) is 48.6 Å². The molecule has 0 saturated heterocycles. The quantitative estimate of drug-likeness (QED) is 0.550. The maximum absolute atomic E-state index is 11.3. The molecular formula is C12H6BrCl3N2OS. The van der Waals surface area contributed by atoms with Crippen LogP contribution in [0.1, 0.15) is 16.5 Å². The van der Waals surface area contributed by atoms with E-state index in [2.05, 4.69) is 25.9 Å². The fourth-order valence-corrected chi connectivity index (χ4v) is 4.67. The second-order valence-electron chi connectivity index (χ2n) is 4.14. The Labute approximate surface area is 141 Å². The first kappa shape index (κ1) is 14.5. The Morgan fingerprint density at radius 1 is 1.10 bits per heavy atom. The van der Waals surface area contributed by atoms with E-state index >= 15 is 0 Å². The lowest BCUT2D eigenvalue weighted by Crippen LogP contribution is -1.99. The number of nitrogens with one attached hydrogen (secondary N) is 2. The van der Waals surface area contributed by atoms with E-state index in [1.54, 1.807) is 12.1 Å². The molecule has 3 nitrogen and oxygen atoms in total. The van der Waals surface area contributed by atoms with Crippen LogP contribution in [0.25, 0.3) is 11.0 Å². The molecule has 104 valence electrons. The molecule has 2 N–H and O–H groups in total. The molecule has 20 heavy (non-hydrogen) atoms. The van der Waals surface area contributed by atoms with Gasteiger partial charge in [0.25, 0.3) is 0 Å². The van der Waals surface area contributed by atoms with Gasteiger partial charge in [0.2, 0.25) is 0 Å². The SMILES string of the molecule is O=c1[nH]c2cc(Br)c(C(Cl)c3cc(Cl)sc3Cl)cc2[nH]1. The summed E-state index contributed by atoms with van der Waals surface area (Å²) in [5, 5.41) is -0.455. The second kappa shape index (κ2) is 5.39. The monoisotopic (exact) mass is 410 g/mol. The van der Waals surface area contributed by atoms with Gasteiger partial charge in [0.05, 0.1) is 25.1 Å². The molecule has 2 aromatic heterocycles. The summed E-state index contributed by atoms with van der Waals surface area (Å²) in [6, 6.07) is 5.37. The van der Waals surface area contributed by atoms with Crippen LogP contribution in [0.5, 0.6) is 0 Å². The van der Waals surface area contributed by atoms with Gasteiger partial charge in [-0.25, -0.2) is 4.79 Å². The van der Waals surface area contributed by atoms with Crippen molar-refractivity contribution in [2.24, 2.45) is 0 Å². The second-order valence-corrected chi connectivity index (χ2v) is 7.72. The maximum Gasteiger partial charge on any atom is 0.323 e. The first-order valence-corrected chi connectivity index (χ1v) is 8.26. The van der Waals surface area contributed by atoms with E-state index in [4.69, 9.17) is 34.8 Å². The number of H-pyrrole nitrogens is 2. The molecule has 0 aliphatic heterocycles. The Balaban J connectivity index is 2.15. The molecule has 0 amide bonds. The third kappa shape index (κ3) is 2.53. The third-order valence-corrected chi connectivity index (χ3v) is 5.54. The van der Waals surface area contributed by atoms with Gasteiger partial charge in [-0.3, -0.25) is 0 Å². The van der Waals surface area contributed by atoms with E-state index in [0.29, 0.717) is 19.7 Å². The van der Waals surface area contributed by atoms with Gasteiger partial charge in [0, 0.05) is 10.0 Å². The van der Waals surface area contributed by atoms with Crippen LogP contribution >= 0.6 is 62.1 Å². The van der Waals surface area contributed by atoms with Gasteiger partial charge in [0.15, 0.2) is 0 Å². The summed E-state index contributed by atoms with van der Waals surface area (Å²) in [5.41, 5.74) is 2.71. The van der Waals surface area contributed by atoms with Crippen LogP contribution in [-0.4, -0.2) is 9.97 Å². The summed E-state index contributed by atoms with van der Waals surface area (Å²) in [4.78, 5) is 16.7. The highest BCUT2D eigenvalue weighted by Gasteiger charge is 2.20. The fourth-order valence-electron chi connectivity index (χ4n) is 1.96. The number of imidazole rings is 1. The number of aromatic nitrogens is 2. The smallest absolute Gasteiger partial charge is 0.306 e. The number of rotatable bonds is 2. The minimum atomic E-state index is -0.455. The average Bonchev–Trinajstić information content (AvgIpc) is 2.88. The highest BCUT2D eigenvalue weighted by atomic mass is 79.9. The minimum Gasteiger partial charge on any atom is -0.306 e. The largest absolute Gasteiger partial charge is 0.323 e. The van der Waals surface area contributed by atoms with Crippen molar-refractivity contribution in [3.8, 4) is 0 Å². The molecule has 1 atom stereocenters. The van der Waals surface area contributed by atoms with Gasteiger partial charge in [-0.2, -0.15) is 0 Å². The number of alkyl halides is 1. The zero-order chi connectivity index (χ0) is 14.4. The number of halogens is 4. The number of aromatic amines is 2. The van der Waals surface area contributed by atoms with Crippen molar-refractivity contribution in [3.63, 3.8) is 0 Å². The van der Waals surface area contributed by atoms with Gasteiger partial charge in [-0.05, 0) is 23.8 Å². The van der Waals surface area contributed by atoms with Crippen LogP contribution in [0.15, 0.2) is 27.5 Å². The Morgan fingerprint density at radius 3 is 2.35 bits per heavy atom. The summed E-state index contributed by atoms with van der Waals surface area (Å²) in [7, 11) is 0. The van der Waals surface area contributed by atoms with E-state index in [-0.39, 0.29) is 5.69 Å². The van der Waals surface area contributed by atoms with Crippen molar-refractivity contribution >= 4 is 73.1 Å². The standard InChI is InChI=1S/C12H6BrCl3N2OS/c13-6-3-8-7(17-12(19)18-8)1-4(6)10(15)5-2-9(14)20-11(5)16/h1-3,10H,(H2,17,18,19). The zero-order valence-electron chi connectivity index (χ0n) is 9.64. The lowest BCUT2D eigenvalue weighted by Gasteiger charge is -2.11. The molecule has 0 fully saturated rings. The summed E-state index contributed by atoms with van der Waals surface area (Å²) in [6.45, 7) is 0. The molecule has 0 aliphatic carbocycles. The van der Waals surface area contributed by atoms with Crippen molar-refractivity contribution in [1.29, 1.82) is 0 Å². The normalized spacial score (nSPS) is 13.0. The molecule has 8 heteroatoms. The molecule has 0 bridgehead atoms. The lowest BCUT2D eigenvalue weighted by molar-refractivity contribution is 1.15. The average molecular weight is 413 g/mol. The summed E-state index contributed by atoms with van der Waals surface area (Å²) in [5.74, 6) is 0. The van der Waals surface area contributed by atoms with E-state index < -0.39 is 5.38 Å². The zero-order valence-corrected chi connectivity index (χ0v) is 14.3. The van der Waals surface area contributed by atoms with Crippen LogP contribution in [0.4, 0.5) is 0 Å². The van der Waals surface area contributed by atoms with E-state index in [1.165, 1.54) is 11.3 Å². The number of fused-ring (bicyclic) bond motifs is 1. The molecule has 3 rings (SSSR count). The predicted octanol–water partition coefficient (Wildman–Crippen LogP) is 5.32. The molecule has 2 heterocycles. The van der Waals surface area contributed by atoms with Crippen molar-refractivity contribution in [1.82, 2.24) is 9.97 Å². The molecule has 0 radical (unpaired) electrons. The number of thiophene rings is 1. The van der Waals surface area contributed by atoms with E-state index in [9.17, 15) is 4.79 Å². The Bertz CT molecular complexity index is 854. The van der Waals surface area contributed by atoms with Gasteiger partial charge < -0.3 is 9.97 Å². The Hall–Kier alpha value is -0.460. The van der Waals surface area contributed by atoms with Crippen molar-refractivity contribution in [3.05, 3.63) is 53.0 Å². The summed E-state index contributed by atoms with van der Waals surface area (Å²) in [6.07, 6.45) is 0. The highest BCUT2D eigenvalue weighted by Crippen LogP contribution is 2.43. The molecule has 1 aromatic carbocycles. The highest BCUT2D eigenvalue weighted by molar-refractivity contribution is 9.10. The molecule has 1 unspecified atom stereocenters. The summed E-state index contributed by atoms with van der Waals surface area (Å²) >= 11 is 23.3. The van der Waals surface area contributed by atoms with Crippen LogP contribution in [0, 0.1) is 0 Å². The van der Waals surface area contributed by atoms with Crippen molar-refractivity contribution in [2.75, 3.05) is 0 Å². The number of benzene rings is 1.